The third-order valence-electron chi connectivity index (χ3n) is 2.87. The fraction of sp³-hybridized carbons (Fsp3) is 0.786. The van der Waals surface area contributed by atoms with Gasteiger partial charge >= 0.3 is 0 Å². The molecule has 88 valence electrons. The van der Waals surface area contributed by atoms with Crippen molar-refractivity contribution in [3.05, 3.63) is 12.2 Å². The number of hydrogen-bond acceptors (Lipinski definition) is 1. The molecule has 0 fully saturated rings. The number of carbonyl (C=O) groups excluding carboxylic acids is 1. The quantitative estimate of drug-likeness (QED) is 0.294. The van der Waals surface area contributed by atoms with Crippen molar-refractivity contribution in [1.29, 1.82) is 0 Å². The molecule has 0 amide bonds. The van der Waals surface area contributed by atoms with Gasteiger partial charge in [-0.05, 0) is 18.4 Å². The largest absolute Gasteiger partial charge is 0.299 e. The highest BCUT2D eigenvalue weighted by molar-refractivity contribution is 5.64. The highest BCUT2D eigenvalue weighted by Gasteiger charge is 2.05. The molecule has 0 aliphatic heterocycles. The Labute approximate surface area is 95.0 Å². The molecule has 0 aliphatic rings. The maximum atomic E-state index is 10.2. The molecule has 0 bridgehead atoms. The molecule has 0 N–H and O–H groups in total. The molecule has 0 spiro atoms. The third-order valence-corrected chi connectivity index (χ3v) is 2.87. The number of unbranched alkanes of at least 4 members (excludes halogenated alkanes) is 3. The number of hydrogen-bond donors (Lipinski definition) is 0. The molecule has 15 heavy (non-hydrogen) atoms. The molecule has 0 aromatic heterocycles. The lowest BCUT2D eigenvalue weighted by Gasteiger charge is -2.13. The zero-order chi connectivity index (χ0) is 11.4. The molecule has 1 atom stereocenters. The van der Waals surface area contributed by atoms with E-state index >= 15 is 0 Å². The van der Waals surface area contributed by atoms with Gasteiger partial charge in [-0.15, -0.1) is 0 Å². The van der Waals surface area contributed by atoms with Gasteiger partial charge in [0, 0.05) is 0 Å². The van der Waals surface area contributed by atoms with Crippen molar-refractivity contribution in [3.63, 3.8) is 0 Å². The molecule has 0 saturated carbocycles. The minimum absolute atomic E-state index is 0.799. The van der Waals surface area contributed by atoms with Crippen LogP contribution in [-0.4, -0.2) is 6.29 Å². The van der Waals surface area contributed by atoms with Crippen LogP contribution in [0.1, 0.15) is 65.2 Å². The Hall–Kier alpha value is -0.590. The lowest BCUT2D eigenvalue weighted by atomic mass is 9.92. The van der Waals surface area contributed by atoms with Gasteiger partial charge in [-0.25, -0.2) is 0 Å². The Kier molecular flexibility index (Phi) is 11.0. The van der Waals surface area contributed by atoms with Gasteiger partial charge in [-0.3, -0.25) is 4.79 Å². The van der Waals surface area contributed by atoms with Gasteiger partial charge in [0.2, 0.25) is 0 Å². The molecular weight excluding hydrogens is 184 g/mol. The normalized spacial score (nSPS) is 13.2. The van der Waals surface area contributed by atoms with Crippen LogP contribution in [0.2, 0.25) is 0 Å². The average molecular weight is 210 g/mol. The van der Waals surface area contributed by atoms with E-state index in [4.69, 9.17) is 0 Å². The monoisotopic (exact) mass is 210 g/mol. The molecule has 1 unspecified atom stereocenters. The summed E-state index contributed by atoms with van der Waals surface area (Å²) < 4.78 is 0. The summed E-state index contributed by atoms with van der Waals surface area (Å²) in [5, 5.41) is 0. The fourth-order valence-electron chi connectivity index (χ4n) is 1.88. The zero-order valence-electron chi connectivity index (χ0n) is 10.4. The summed E-state index contributed by atoms with van der Waals surface area (Å²) in [6, 6.07) is 0. The van der Waals surface area contributed by atoms with Gasteiger partial charge in [0.1, 0.15) is 6.29 Å². The van der Waals surface area contributed by atoms with E-state index in [1.54, 1.807) is 6.08 Å². The van der Waals surface area contributed by atoms with Crippen LogP contribution < -0.4 is 0 Å². The van der Waals surface area contributed by atoms with Gasteiger partial charge < -0.3 is 0 Å². The summed E-state index contributed by atoms with van der Waals surface area (Å²) in [5.41, 5.74) is 0. The predicted molar refractivity (Wildman–Crippen MR) is 67.0 cm³/mol. The number of allylic oxidation sites excluding steroid dienone is 2. The van der Waals surface area contributed by atoms with Crippen molar-refractivity contribution in [1.82, 2.24) is 0 Å². The van der Waals surface area contributed by atoms with Crippen LogP contribution in [0.3, 0.4) is 0 Å². The summed E-state index contributed by atoms with van der Waals surface area (Å²) in [5.74, 6) is 0.799. The van der Waals surface area contributed by atoms with E-state index in [-0.39, 0.29) is 0 Å². The first-order valence-corrected chi connectivity index (χ1v) is 6.45. The van der Waals surface area contributed by atoms with E-state index in [0.29, 0.717) is 0 Å². The van der Waals surface area contributed by atoms with Crippen LogP contribution >= 0.6 is 0 Å². The first-order chi connectivity index (χ1) is 7.35. The Balaban J connectivity index is 3.72. The van der Waals surface area contributed by atoms with Gasteiger partial charge in [-0.1, -0.05) is 64.9 Å². The summed E-state index contributed by atoms with van der Waals surface area (Å²) in [6.45, 7) is 4.48. The second-order valence-electron chi connectivity index (χ2n) is 4.30. The number of aldehydes is 1. The predicted octanol–water partition coefficient (Wildman–Crippen LogP) is 4.52. The molecule has 0 heterocycles. The minimum Gasteiger partial charge on any atom is -0.299 e. The van der Waals surface area contributed by atoms with E-state index < -0.39 is 0 Å². The van der Waals surface area contributed by atoms with Gasteiger partial charge in [0.05, 0.1) is 0 Å². The number of rotatable bonds is 10. The van der Waals surface area contributed by atoms with Crippen molar-refractivity contribution in [3.8, 4) is 0 Å². The van der Waals surface area contributed by atoms with E-state index in [1.807, 2.05) is 6.08 Å². The first kappa shape index (κ1) is 14.4. The average Bonchev–Trinajstić information content (AvgIpc) is 2.25. The second kappa shape index (κ2) is 11.5. The smallest absolute Gasteiger partial charge is 0.142 e. The maximum absolute atomic E-state index is 10.2. The Morgan fingerprint density at radius 1 is 1.00 bits per heavy atom. The molecule has 0 aliphatic carbocycles. The highest BCUT2D eigenvalue weighted by atomic mass is 16.1. The first-order valence-electron chi connectivity index (χ1n) is 6.45. The molecule has 0 saturated heterocycles. The van der Waals surface area contributed by atoms with Crippen LogP contribution in [0.15, 0.2) is 12.2 Å². The lowest BCUT2D eigenvalue weighted by molar-refractivity contribution is -0.104. The summed E-state index contributed by atoms with van der Waals surface area (Å²) >= 11 is 0. The number of carbonyl (C=O) groups is 1. The maximum Gasteiger partial charge on any atom is 0.142 e. The molecule has 1 nitrogen and oxygen atoms in total. The lowest BCUT2D eigenvalue weighted by Crippen LogP contribution is -1.99. The van der Waals surface area contributed by atoms with Crippen LogP contribution in [0.5, 0.6) is 0 Å². The third kappa shape index (κ3) is 9.71. The van der Waals surface area contributed by atoms with Crippen LogP contribution in [0.25, 0.3) is 0 Å². The van der Waals surface area contributed by atoms with E-state index in [9.17, 15) is 4.79 Å². The standard InChI is InChI=1S/C14H26O/c1-3-5-7-11-14(10-6-4-2)12-8-9-13-15/h8-9,13-14H,3-7,10-12H2,1-2H3/b9-8+. The van der Waals surface area contributed by atoms with Crippen molar-refractivity contribution in [2.75, 3.05) is 0 Å². The Morgan fingerprint density at radius 2 is 1.67 bits per heavy atom. The fourth-order valence-corrected chi connectivity index (χ4v) is 1.88. The highest BCUT2D eigenvalue weighted by Crippen LogP contribution is 2.20. The molecule has 0 aromatic rings. The van der Waals surface area contributed by atoms with Crippen LogP contribution in [-0.2, 0) is 4.79 Å². The molecule has 0 radical (unpaired) electrons. The summed E-state index contributed by atoms with van der Waals surface area (Å²) in [7, 11) is 0. The topological polar surface area (TPSA) is 17.1 Å². The molecule has 1 heteroatoms. The molecular formula is C14H26O. The Morgan fingerprint density at radius 3 is 2.27 bits per heavy atom. The van der Waals surface area contributed by atoms with E-state index in [1.165, 1.54) is 44.9 Å². The van der Waals surface area contributed by atoms with E-state index in [2.05, 4.69) is 13.8 Å². The van der Waals surface area contributed by atoms with Gasteiger partial charge in [0.15, 0.2) is 0 Å². The molecule has 0 rings (SSSR count). The van der Waals surface area contributed by atoms with Crippen molar-refractivity contribution >= 4 is 6.29 Å². The van der Waals surface area contributed by atoms with Gasteiger partial charge in [-0.2, -0.15) is 0 Å². The molecule has 0 aromatic carbocycles. The van der Waals surface area contributed by atoms with Crippen LogP contribution in [0.4, 0.5) is 0 Å². The van der Waals surface area contributed by atoms with E-state index in [0.717, 1.165) is 18.6 Å². The van der Waals surface area contributed by atoms with Crippen LogP contribution in [0, 0.1) is 5.92 Å². The summed E-state index contributed by atoms with van der Waals surface area (Å²) in [4.78, 5) is 10.2. The SMILES string of the molecule is CCCCCC(C/C=C/C=O)CCCC. The van der Waals surface area contributed by atoms with Crippen molar-refractivity contribution in [2.24, 2.45) is 5.92 Å². The minimum atomic E-state index is 0.799. The van der Waals surface area contributed by atoms with Gasteiger partial charge in [0.25, 0.3) is 0 Å². The second-order valence-corrected chi connectivity index (χ2v) is 4.30. The Bertz CT molecular complexity index is 161. The van der Waals surface area contributed by atoms with Crippen molar-refractivity contribution < 1.29 is 4.79 Å². The van der Waals surface area contributed by atoms with Crippen molar-refractivity contribution in [2.45, 2.75) is 65.2 Å². The zero-order valence-corrected chi connectivity index (χ0v) is 10.4. The summed E-state index contributed by atoms with van der Waals surface area (Å²) in [6.07, 6.45) is 14.9.